The molecular formula is C27H29N3O2S2. The second kappa shape index (κ2) is 8.68. The number of aromatic nitrogens is 1. The van der Waals surface area contributed by atoms with Crippen LogP contribution in [0.2, 0.25) is 0 Å². The van der Waals surface area contributed by atoms with E-state index in [1.807, 2.05) is 49.4 Å². The average molecular weight is 492 g/mol. The third kappa shape index (κ3) is 4.24. The van der Waals surface area contributed by atoms with E-state index in [1.165, 1.54) is 31.0 Å². The number of thiazole rings is 1. The van der Waals surface area contributed by atoms with E-state index in [2.05, 4.69) is 15.6 Å². The monoisotopic (exact) mass is 491 g/mol. The highest BCUT2D eigenvalue weighted by Crippen LogP contribution is 2.60. The molecule has 4 aliphatic rings. The number of nitrogens with one attached hydrogen (secondary N) is 2. The lowest BCUT2D eigenvalue weighted by Crippen LogP contribution is -2.51. The summed E-state index contributed by atoms with van der Waals surface area (Å²) in [6.07, 6.45) is 7.21. The molecular weight excluding hydrogens is 462 g/mol. The molecule has 0 spiro atoms. The van der Waals surface area contributed by atoms with E-state index in [0.717, 1.165) is 68.5 Å². The molecule has 4 bridgehead atoms. The molecule has 34 heavy (non-hydrogen) atoms. The van der Waals surface area contributed by atoms with Crippen molar-refractivity contribution in [1.82, 2.24) is 4.98 Å². The van der Waals surface area contributed by atoms with Gasteiger partial charge in [0.15, 0.2) is 4.34 Å². The molecule has 1 heterocycles. The first-order chi connectivity index (χ1) is 16.5. The van der Waals surface area contributed by atoms with Crippen molar-refractivity contribution < 1.29 is 9.59 Å². The van der Waals surface area contributed by atoms with Gasteiger partial charge in [0.05, 0.1) is 21.4 Å². The number of rotatable bonds is 6. The van der Waals surface area contributed by atoms with Gasteiger partial charge in [0.25, 0.3) is 0 Å². The van der Waals surface area contributed by atoms with Crippen LogP contribution in [0.25, 0.3) is 10.2 Å². The van der Waals surface area contributed by atoms with Crippen LogP contribution >= 0.6 is 23.1 Å². The largest absolute Gasteiger partial charge is 0.326 e. The van der Waals surface area contributed by atoms with Crippen LogP contribution in [0.5, 0.6) is 0 Å². The van der Waals surface area contributed by atoms with E-state index in [1.54, 1.807) is 11.3 Å². The van der Waals surface area contributed by atoms with Crippen LogP contribution in [0, 0.1) is 30.1 Å². The van der Waals surface area contributed by atoms with Crippen molar-refractivity contribution >= 4 is 56.5 Å². The number of carbonyl (C=O) groups excluding carboxylic acids is 2. The zero-order valence-electron chi connectivity index (χ0n) is 19.3. The number of hydrogen-bond acceptors (Lipinski definition) is 5. The normalized spacial score (nSPS) is 27.1. The quantitative estimate of drug-likeness (QED) is 0.387. The fourth-order valence-electron chi connectivity index (χ4n) is 6.72. The molecule has 4 fully saturated rings. The van der Waals surface area contributed by atoms with Crippen LogP contribution in [-0.2, 0) is 9.59 Å². The molecule has 0 unspecified atom stereocenters. The topological polar surface area (TPSA) is 71.1 Å². The van der Waals surface area contributed by atoms with E-state index in [9.17, 15) is 9.59 Å². The predicted molar refractivity (Wildman–Crippen MR) is 139 cm³/mol. The van der Waals surface area contributed by atoms with Gasteiger partial charge in [-0.3, -0.25) is 9.59 Å². The SMILES string of the molecule is Cc1ccccc1NC(=O)CSc1nc2ccc(NC(=O)C34CC5CC(CC(C5)C3)C4)cc2s1. The van der Waals surface area contributed by atoms with Gasteiger partial charge >= 0.3 is 0 Å². The highest BCUT2D eigenvalue weighted by molar-refractivity contribution is 8.01. The number of fused-ring (bicyclic) bond motifs is 1. The lowest BCUT2D eigenvalue weighted by molar-refractivity contribution is -0.140. The van der Waals surface area contributed by atoms with Gasteiger partial charge in [-0.2, -0.15) is 0 Å². The number of anilines is 2. The molecule has 4 aliphatic carbocycles. The third-order valence-corrected chi connectivity index (χ3v) is 10.1. The van der Waals surface area contributed by atoms with Crippen molar-refractivity contribution in [2.24, 2.45) is 23.2 Å². The van der Waals surface area contributed by atoms with Crippen LogP contribution in [-0.4, -0.2) is 22.6 Å². The molecule has 0 saturated heterocycles. The Morgan fingerprint density at radius 3 is 2.44 bits per heavy atom. The third-order valence-electron chi connectivity index (χ3n) is 7.89. The Morgan fingerprint density at radius 1 is 1.03 bits per heavy atom. The summed E-state index contributed by atoms with van der Waals surface area (Å²) < 4.78 is 1.89. The molecule has 176 valence electrons. The summed E-state index contributed by atoms with van der Waals surface area (Å²) in [5.41, 5.74) is 3.49. The minimum Gasteiger partial charge on any atom is -0.326 e. The first kappa shape index (κ1) is 22.1. The van der Waals surface area contributed by atoms with Crippen LogP contribution in [0.4, 0.5) is 11.4 Å². The second-order valence-electron chi connectivity index (χ2n) is 10.5. The molecule has 7 heteroatoms. The number of aryl methyl sites for hydroxylation is 1. The number of nitrogens with zero attached hydrogens (tertiary/aromatic N) is 1. The molecule has 7 rings (SSSR count). The molecule has 3 aromatic rings. The van der Waals surface area contributed by atoms with Crippen molar-refractivity contribution in [3.63, 3.8) is 0 Å². The Bertz CT molecular complexity index is 1230. The summed E-state index contributed by atoms with van der Waals surface area (Å²) in [4.78, 5) is 30.4. The average Bonchev–Trinajstić information content (AvgIpc) is 3.21. The molecule has 0 radical (unpaired) electrons. The van der Waals surface area contributed by atoms with E-state index < -0.39 is 0 Å². The fourth-order valence-corrected chi connectivity index (χ4v) is 8.63. The minimum atomic E-state index is -0.150. The van der Waals surface area contributed by atoms with Crippen molar-refractivity contribution in [1.29, 1.82) is 0 Å². The predicted octanol–water partition coefficient (Wildman–Crippen LogP) is 6.49. The molecule has 1 aromatic heterocycles. The van der Waals surface area contributed by atoms with Gasteiger partial charge < -0.3 is 10.6 Å². The molecule has 0 aliphatic heterocycles. The fraction of sp³-hybridized carbons (Fsp3) is 0.444. The van der Waals surface area contributed by atoms with Crippen molar-refractivity contribution in [2.45, 2.75) is 49.8 Å². The summed E-state index contributed by atoms with van der Waals surface area (Å²) in [6.45, 7) is 1.98. The van der Waals surface area contributed by atoms with Crippen LogP contribution in [0.15, 0.2) is 46.8 Å². The van der Waals surface area contributed by atoms with Gasteiger partial charge in [-0.15, -0.1) is 11.3 Å². The maximum Gasteiger partial charge on any atom is 0.234 e. The molecule has 5 nitrogen and oxygen atoms in total. The number of carbonyl (C=O) groups is 2. The van der Waals surface area contributed by atoms with Gasteiger partial charge in [0.2, 0.25) is 11.8 Å². The number of benzene rings is 2. The van der Waals surface area contributed by atoms with Gasteiger partial charge in [-0.25, -0.2) is 4.98 Å². The van der Waals surface area contributed by atoms with Gasteiger partial charge in [-0.1, -0.05) is 30.0 Å². The molecule has 0 atom stereocenters. The molecule has 2 amide bonds. The smallest absolute Gasteiger partial charge is 0.234 e. The molecule has 4 saturated carbocycles. The lowest BCUT2D eigenvalue weighted by atomic mass is 9.49. The second-order valence-corrected chi connectivity index (χ2v) is 12.7. The highest BCUT2D eigenvalue weighted by atomic mass is 32.2. The summed E-state index contributed by atoms with van der Waals surface area (Å²) >= 11 is 3.02. The zero-order chi connectivity index (χ0) is 23.3. The Hall–Kier alpha value is -2.38. The number of amides is 2. The highest BCUT2D eigenvalue weighted by Gasteiger charge is 2.54. The van der Waals surface area contributed by atoms with Crippen LogP contribution < -0.4 is 10.6 Å². The van der Waals surface area contributed by atoms with Crippen molar-refractivity contribution in [3.05, 3.63) is 48.0 Å². The Balaban J connectivity index is 1.10. The number of para-hydroxylation sites is 1. The lowest BCUT2D eigenvalue weighted by Gasteiger charge is -2.55. The van der Waals surface area contributed by atoms with E-state index >= 15 is 0 Å². The number of thioether (sulfide) groups is 1. The van der Waals surface area contributed by atoms with Crippen molar-refractivity contribution in [3.8, 4) is 0 Å². The summed E-state index contributed by atoms with van der Waals surface area (Å²) in [7, 11) is 0. The van der Waals surface area contributed by atoms with Gasteiger partial charge in [-0.05, 0) is 93.0 Å². The first-order valence-corrected chi connectivity index (χ1v) is 14.0. The molecule has 2 N–H and O–H groups in total. The van der Waals surface area contributed by atoms with E-state index in [4.69, 9.17) is 0 Å². The van der Waals surface area contributed by atoms with Gasteiger partial charge in [0, 0.05) is 11.4 Å². The Kier molecular flexibility index (Phi) is 5.65. The summed E-state index contributed by atoms with van der Waals surface area (Å²) in [5, 5.41) is 6.22. The number of hydrogen-bond donors (Lipinski definition) is 2. The standard InChI is InChI=1S/C27H29N3O2S2/c1-16-4-2-3-5-21(16)29-24(31)15-33-26-30-22-7-6-20(11-23(22)34-26)28-25(32)27-12-17-8-18(13-27)10-19(9-17)14-27/h2-7,11,17-19H,8-10,12-15H2,1H3,(H,28,32)(H,29,31). The maximum atomic E-state index is 13.4. The van der Waals surface area contributed by atoms with Gasteiger partial charge in [0.1, 0.15) is 0 Å². The van der Waals surface area contributed by atoms with Crippen LogP contribution in [0.3, 0.4) is 0 Å². The minimum absolute atomic E-state index is 0.0397. The first-order valence-electron chi connectivity index (χ1n) is 12.2. The summed E-state index contributed by atoms with van der Waals surface area (Å²) in [5.74, 6) is 2.75. The Morgan fingerprint density at radius 2 is 1.74 bits per heavy atom. The Labute approximate surface area is 208 Å². The van der Waals surface area contributed by atoms with Crippen molar-refractivity contribution in [2.75, 3.05) is 16.4 Å². The zero-order valence-corrected chi connectivity index (χ0v) is 20.9. The van der Waals surface area contributed by atoms with E-state index in [-0.39, 0.29) is 17.2 Å². The maximum absolute atomic E-state index is 13.4. The van der Waals surface area contributed by atoms with E-state index in [0.29, 0.717) is 5.75 Å². The molecule has 2 aromatic carbocycles. The summed E-state index contributed by atoms with van der Waals surface area (Å²) in [6, 6.07) is 13.7. The van der Waals surface area contributed by atoms with Crippen LogP contribution in [0.1, 0.15) is 44.1 Å².